The van der Waals surface area contributed by atoms with Crippen LogP contribution in [0.25, 0.3) is 0 Å². The number of ether oxygens (including phenoxy) is 2. The van der Waals surface area contributed by atoms with Gasteiger partial charge >= 0.3 is 11.9 Å². The molecule has 5 heteroatoms. The Labute approximate surface area is 224 Å². The van der Waals surface area contributed by atoms with Gasteiger partial charge < -0.3 is 9.47 Å². The van der Waals surface area contributed by atoms with E-state index in [1.807, 2.05) is 39.1 Å². The second kappa shape index (κ2) is 10.7. The number of carbonyl (C=O) groups is 2. The minimum Gasteiger partial charge on any atom is -0.460 e. The van der Waals surface area contributed by atoms with Crippen LogP contribution < -0.4 is 0 Å². The summed E-state index contributed by atoms with van der Waals surface area (Å²) >= 11 is 0. The molecular weight excluding hydrogens is 462 g/mol. The predicted molar refractivity (Wildman–Crippen MR) is 146 cm³/mol. The Morgan fingerprint density at radius 2 is 1.57 bits per heavy atom. The summed E-state index contributed by atoms with van der Waals surface area (Å²) in [5.41, 5.74) is -0.440. The number of pyridine rings is 1. The second-order valence-electron chi connectivity index (χ2n) is 14.1. The molecule has 0 saturated heterocycles. The topological polar surface area (TPSA) is 65.5 Å². The fraction of sp³-hybridized carbons (Fsp3) is 0.781. The Morgan fingerprint density at radius 1 is 0.946 bits per heavy atom. The molecule has 4 fully saturated rings. The molecule has 0 aromatic carbocycles. The molecule has 1 heterocycles. The van der Waals surface area contributed by atoms with Gasteiger partial charge in [-0.3, -0.25) is 14.6 Å². The predicted octanol–water partition coefficient (Wildman–Crippen LogP) is 7.56. The minimum absolute atomic E-state index is 0.0573. The summed E-state index contributed by atoms with van der Waals surface area (Å²) < 4.78 is 12.1. The lowest BCUT2D eigenvalue weighted by Crippen LogP contribution is -2.54. The van der Waals surface area contributed by atoms with E-state index in [0.29, 0.717) is 25.7 Å². The van der Waals surface area contributed by atoms with E-state index in [1.54, 1.807) is 0 Å². The first-order valence-corrected chi connectivity index (χ1v) is 14.7. The van der Waals surface area contributed by atoms with Crippen molar-refractivity contribution in [1.82, 2.24) is 4.98 Å². The summed E-state index contributed by atoms with van der Waals surface area (Å²) in [4.78, 5) is 31.1. The van der Waals surface area contributed by atoms with E-state index in [-0.39, 0.29) is 23.0 Å². The van der Waals surface area contributed by atoms with E-state index in [9.17, 15) is 9.59 Å². The van der Waals surface area contributed by atoms with E-state index in [0.717, 1.165) is 55.6 Å². The third-order valence-electron chi connectivity index (χ3n) is 9.61. The second-order valence-corrected chi connectivity index (χ2v) is 14.1. The van der Waals surface area contributed by atoms with Crippen LogP contribution in [0.5, 0.6) is 0 Å². The number of esters is 2. The van der Waals surface area contributed by atoms with Gasteiger partial charge in [0, 0.05) is 23.7 Å². The average molecular weight is 512 g/mol. The van der Waals surface area contributed by atoms with Crippen LogP contribution in [0, 0.1) is 23.2 Å². The third-order valence-corrected chi connectivity index (χ3v) is 9.61. The average Bonchev–Trinajstić information content (AvgIpc) is 2.81. The minimum atomic E-state index is -0.642. The van der Waals surface area contributed by atoms with Crippen LogP contribution in [0.3, 0.4) is 0 Å². The van der Waals surface area contributed by atoms with Crippen LogP contribution in [0.1, 0.15) is 124 Å². The van der Waals surface area contributed by atoms with Gasteiger partial charge in [-0.1, -0.05) is 19.9 Å². The van der Waals surface area contributed by atoms with Crippen LogP contribution in [0.2, 0.25) is 0 Å². The zero-order chi connectivity index (χ0) is 26.9. The number of rotatable bonds is 11. The number of carbonyl (C=O) groups excluding carboxylic acids is 2. The number of hydrogen-bond donors (Lipinski definition) is 0. The van der Waals surface area contributed by atoms with Gasteiger partial charge in [0.25, 0.3) is 0 Å². The smallest absolute Gasteiger partial charge is 0.312 e. The van der Waals surface area contributed by atoms with Gasteiger partial charge in [0.2, 0.25) is 0 Å². The van der Waals surface area contributed by atoms with E-state index in [2.05, 4.69) is 31.8 Å². The quantitative estimate of drug-likeness (QED) is 0.287. The summed E-state index contributed by atoms with van der Waals surface area (Å²) in [6.07, 6.45) is 13.0. The van der Waals surface area contributed by atoms with Gasteiger partial charge in [-0.25, -0.2) is 0 Å². The molecule has 0 N–H and O–H groups in total. The molecule has 2 unspecified atom stereocenters. The van der Waals surface area contributed by atoms with Gasteiger partial charge in [0.1, 0.15) is 11.2 Å². The van der Waals surface area contributed by atoms with Crippen LogP contribution in [-0.4, -0.2) is 28.1 Å². The van der Waals surface area contributed by atoms with E-state index in [4.69, 9.17) is 9.47 Å². The summed E-state index contributed by atoms with van der Waals surface area (Å²) in [5, 5.41) is 0. The Kier molecular flexibility index (Phi) is 8.12. The van der Waals surface area contributed by atoms with Crippen molar-refractivity contribution in [2.75, 3.05) is 0 Å². The highest BCUT2D eigenvalue weighted by Crippen LogP contribution is 2.57. The molecule has 206 valence electrons. The summed E-state index contributed by atoms with van der Waals surface area (Å²) in [5.74, 6) is 1.93. The number of nitrogens with zero attached hydrogens (tertiary/aromatic N) is 1. The first-order valence-electron chi connectivity index (χ1n) is 14.7. The highest BCUT2D eigenvalue weighted by atomic mass is 16.6. The van der Waals surface area contributed by atoms with E-state index < -0.39 is 11.0 Å². The van der Waals surface area contributed by atoms with Crippen LogP contribution in [0.15, 0.2) is 24.4 Å². The van der Waals surface area contributed by atoms with Crippen LogP contribution in [0.4, 0.5) is 0 Å². The molecule has 4 saturated carbocycles. The van der Waals surface area contributed by atoms with Crippen molar-refractivity contribution in [2.45, 2.75) is 135 Å². The lowest BCUT2D eigenvalue weighted by molar-refractivity contribution is -0.198. The molecule has 0 radical (unpaired) electrons. The molecule has 37 heavy (non-hydrogen) atoms. The van der Waals surface area contributed by atoms with Gasteiger partial charge in [-0.05, 0) is 128 Å². The summed E-state index contributed by atoms with van der Waals surface area (Å²) in [7, 11) is 0. The third kappa shape index (κ3) is 6.75. The van der Waals surface area contributed by atoms with Gasteiger partial charge in [-0.15, -0.1) is 0 Å². The molecule has 4 bridgehead atoms. The first-order chi connectivity index (χ1) is 17.3. The molecule has 5 rings (SSSR count). The maximum atomic E-state index is 14.0. The van der Waals surface area contributed by atoms with Gasteiger partial charge in [-0.2, -0.15) is 0 Å². The molecule has 0 aliphatic heterocycles. The zero-order valence-corrected chi connectivity index (χ0v) is 24.1. The van der Waals surface area contributed by atoms with Crippen molar-refractivity contribution in [3.05, 3.63) is 30.1 Å². The Morgan fingerprint density at radius 3 is 2.08 bits per heavy atom. The van der Waals surface area contributed by atoms with Crippen molar-refractivity contribution in [1.29, 1.82) is 0 Å². The fourth-order valence-electron chi connectivity index (χ4n) is 7.58. The number of hydrogen-bond acceptors (Lipinski definition) is 5. The number of aromatic nitrogens is 1. The summed E-state index contributed by atoms with van der Waals surface area (Å²) in [6, 6.07) is 6.08. The van der Waals surface area contributed by atoms with Crippen molar-refractivity contribution in [3.63, 3.8) is 0 Å². The molecule has 2 atom stereocenters. The normalized spacial score (nSPS) is 29.8. The fourth-order valence-corrected chi connectivity index (χ4v) is 7.58. The standard InChI is InChI=1S/C32H49NO4/c1-7-30(5,26-11-8-9-16-33-26)14-15-31(6,13-10-12-27(34)36-29(2,3)4)28(35)37-32-20-23-17-24(21-32)19-25(18-23)22-32/h8-9,11,16,23-25H,7,10,12-15,17-22H2,1-6H3. The SMILES string of the molecule is CCC(C)(CCC(C)(CCCC(=O)OC(C)(C)C)C(=O)OC12CC3CC(CC(C3)C1)C2)c1ccccn1. The molecule has 1 aromatic heterocycles. The monoisotopic (exact) mass is 511 g/mol. The maximum absolute atomic E-state index is 14.0. The van der Waals surface area contributed by atoms with Crippen LogP contribution in [-0.2, 0) is 24.5 Å². The molecule has 1 aromatic rings. The van der Waals surface area contributed by atoms with Crippen molar-refractivity contribution < 1.29 is 19.1 Å². The lowest BCUT2D eigenvalue weighted by atomic mass is 9.54. The first kappa shape index (κ1) is 28.1. The Hall–Kier alpha value is -1.91. The Bertz CT molecular complexity index is 916. The van der Waals surface area contributed by atoms with Crippen molar-refractivity contribution in [2.24, 2.45) is 23.2 Å². The van der Waals surface area contributed by atoms with Crippen molar-refractivity contribution in [3.8, 4) is 0 Å². The molecule has 5 nitrogen and oxygen atoms in total. The van der Waals surface area contributed by atoms with Gasteiger partial charge in [0.05, 0.1) is 5.41 Å². The maximum Gasteiger partial charge on any atom is 0.312 e. The van der Waals surface area contributed by atoms with Crippen molar-refractivity contribution >= 4 is 11.9 Å². The zero-order valence-electron chi connectivity index (χ0n) is 24.1. The van der Waals surface area contributed by atoms with E-state index in [1.165, 1.54) is 19.3 Å². The Balaban J connectivity index is 1.48. The molecule has 4 aliphatic rings. The van der Waals surface area contributed by atoms with E-state index >= 15 is 0 Å². The largest absolute Gasteiger partial charge is 0.460 e. The molecule has 4 aliphatic carbocycles. The summed E-state index contributed by atoms with van der Waals surface area (Å²) in [6.45, 7) is 12.2. The highest BCUT2D eigenvalue weighted by molar-refractivity contribution is 5.77. The van der Waals surface area contributed by atoms with Crippen LogP contribution >= 0.6 is 0 Å². The molecular formula is C32H49NO4. The highest BCUT2D eigenvalue weighted by Gasteiger charge is 2.54. The molecule has 0 spiro atoms. The molecule has 0 amide bonds. The lowest BCUT2D eigenvalue weighted by Gasteiger charge is -2.56. The van der Waals surface area contributed by atoms with Gasteiger partial charge in [0.15, 0.2) is 0 Å².